The highest BCUT2D eigenvalue weighted by atomic mass is 35.5. The van der Waals surface area contributed by atoms with Crippen molar-refractivity contribution in [3.8, 4) is 5.75 Å². The van der Waals surface area contributed by atoms with Gasteiger partial charge in [-0.25, -0.2) is 0 Å². The summed E-state index contributed by atoms with van der Waals surface area (Å²) in [5.41, 5.74) is 5.50. The number of aromatic hydroxyl groups is 1. The van der Waals surface area contributed by atoms with E-state index in [1.807, 2.05) is 0 Å². The molecule has 1 aromatic carbocycles. The van der Waals surface area contributed by atoms with Gasteiger partial charge in [0.1, 0.15) is 5.54 Å². The fourth-order valence-electron chi connectivity index (χ4n) is 1.86. The number of halogens is 3. The van der Waals surface area contributed by atoms with Crippen molar-refractivity contribution in [2.24, 2.45) is 5.73 Å². The van der Waals surface area contributed by atoms with E-state index in [1.165, 1.54) is 12.1 Å². The number of ether oxygens (including phenoxy) is 1. The monoisotopic (exact) mass is 340 g/mol. The maximum absolute atomic E-state index is 12.2. The molecule has 0 atom stereocenters. The van der Waals surface area contributed by atoms with Gasteiger partial charge < -0.3 is 20.9 Å². The molecule has 1 fully saturated rings. The van der Waals surface area contributed by atoms with E-state index in [4.69, 9.17) is 33.7 Å². The van der Waals surface area contributed by atoms with Crippen molar-refractivity contribution >= 4 is 47.2 Å². The largest absolute Gasteiger partial charge is 0.505 e. The summed E-state index contributed by atoms with van der Waals surface area (Å²) >= 11 is 11.6. The van der Waals surface area contributed by atoms with Crippen LogP contribution in [0.5, 0.6) is 5.75 Å². The number of nitrogens with one attached hydrogen (secondary N) is 1. The maximum atomic E-state index is 12.2. The van der Waals surface area contributed by atoms with Crippen LogP contribution in [-0.2, 0) is 9.53 Å². The lowest BCUT2D eigenvalue weighted by Crippen LogP contribution is -2.54. The Morgan fingerprint density at radius 1 is 1.30 bits per heavy atom. The molecule has 5 nitrogen and oxygen atoms in total. The summed E-state index contributed by atoms with van der Waals surface area (Å²) in [6.45, 7) is 0.919. The van der Waals surface area contributed by atoms with Crippen LogP contribution >= 0.6 is 35.6 Å². The van der Waals surface area contributed by atoms with Crippen molar-refractivity contribution in [3.63, 3.8) is 0 Å². The highest BCUT2D eigenvalue weighted by Crippen LogP contribution is 2.35. The van der Waals surface area contributed by atoms with Gasteiger partial charge in [0.2, 0.25) is 5.91 Å². The summed E-state index contributed by atoms with van der Waals surface area (Å²) in [6, 6.07) is 2.84. The highest BCUT2D eigenvalue weighted by Gasteiger charge is 2.36. The highest BCUT2D eigenvalue weighted by molar-refractivity contribution is 6.37. The van der Waals surface area contributed by atoms with Crippen LogP contribution in [0, 0.1) is 0 Å². The van der Waals surface area contributed by atoms with E-state index in [1.54, 1.807) is 0 Å². The second-order valence-electron chi connectivity index (χ2n) is 4.51. The Balaban J connectivity index is 0.00000200. The Morgan fingerprint density at radius 3 is 2.30 bits per heavy atom. The number of anilines is 1. The number of carbonyl (C=O) groups is 1. The number of phenolic OH excluding ortho intramolecular Hbond substituents is 1. The number of benzene rings is 1. The van der Waals surface area contributed by atoms with E-state index in [-0.39, 0.29) is 34.1 Å². The molecule has 0 aromatic heterocycles. The molecule has 0 bridgehead atoms. The van der Waals surface area contributed by atoms with Gasteiger partial charge >= 0.3 is 0 Å². The van der Waals surface area contributed by atoms with Crippen LogP contribution in [0.25, 0.3) is 0 Å². The van der Waals surface area contributed by atoms with E-state index in [0.717, 1.165) is 0 Å². The Kier molecular flexibility index (Phi) is 5.91. The average Bonchev–Trinajstić information content (AvgIpc) is 2.36. The summed E-state index contributed by atoms with van der Waals surface area (Å²) in [4.78, 5) is 12.2. The Morgan fingerprint density at radius 2 is 1.80 bits per heavy atom. The molecule has 1 amide bonds. The van der Waals surface area contributed by atoms with Crippen LogP contribution in [-0.4, -0.2) is 29.8 Å². The number of carbonyl (C=O) groups excluding carboxylic acids is 1. The first-order valence-electron chi connectivity index (χ1n) is 5.78. The molecule has 0 radical (unpaired) electrons. The second-order valence-corrected chi connectivity index (χ2v) is 5.33. The third-order valence-corrected chi connectivity index (χ3v) is 3.69. The third-order valence-electron chi connectivity index (χ3n) is 3.11. The molecule has 2 rings (SSSR count). The average molecular weight is 342 g/mol. The molecule has 1 heterocycles. The smallest absolute Gasteiger partial charge is 0.244 e. The number of amides is 1. The molecule has 112 valence electrons. The van der Waals surface area contributed by atoms with E-state index in [9.17, 15) is 9.90 Å². The zero-order valence-corrected chi connectivity index (χ0v) is 12.8. The molecule has 0 saturated carbocycles. The van der Waals surface area contributed by atoms with Crippen LogP contribution in [0.3, 0.4) is 0 Å². The molecule has 4 N–H and O–H groups in total. The molecular weight excluding hydrogens is 327 g/mol. The minimum atomic E-state index is -0.949. The van der Waals surface area contributed by atoms with Crippen molar-refractivity contribution in [2.75, 3.05) is 18.5 Å². The quantitative estimate of drug-likeness (QED) is 0.722. The molecular formula is C12H15Cl3N2O3. The van der Waals surface area contributed by atoms with Gasteiger partial charge in [0, 0.05) is 18.9 Å². The number of hydrogen-bond donors (Lipinski definition) is 3. The molecule has 1 aliphatic heterocycles. The van der Waals surface area contributed by atoms with Gasteiger partial charge in [0.25, 0.3) is 0 Å². The van der Waals surface area contributed by atoms with Gasteiger partial charge in [-0.2, -0.15) is 0 Å². The second kappa shape index (κ2) is 6.83. The van der Waals surface area contributed by atoms with Crippen molar-refractivity contribution in [2.45, 2.75) is 18.4 Å². The zero-order chi connectivity index (χ0) is 14.0. The third kappa shape index (κ3) is 3.68. The number of nitrogens with two attached hydrogens (primary N) is 1. The van der Waals surface area contributed by atoms with E-state index in [0.29, 0.717) is 31.7 Å². The van der Waals surface area contributed by atoms with E-state index < -0.39 is 5.54 Å². The van der Waals surface area contributed by atoms with Gasteiger partial charge in [-0.15, -0.1) is 12.4 Å². The SMILES string of the molecule is Cl.NC1(C(=O)Nc2cc(Cl)c(O)c(Cl)c2)CCOCC1. The Bertz CT molecular complexity index is 482. The van der Waals surface area contributed by atoms with Gasteiger partial charge in [0.05, 0.1) is 10.0 Å². The number of hydrogen-bond acceptors (Lipinski definition) is 4. The fourth-order valence-corrected chi connectivity index (χ4v) is 2.34. The normalized spacial score (nSPS) is 17.1. The summed E-state index contributed by atoms with van der Waals surface area (Å²) in [6.07, 6.45) is 0.913. The van der Waals surface area contributed by atoms with Crippen molar-refractivity contribution in [3.05, 3.63) is 22.2 Å². The molecule has 8 heteroatoms. The van der Waals surface area contributed by atoms with Gasteiger partial charge in [0.15, 0.2) is 5.75 Å². The predicted molar refractivity (Wildman–Crippen MR) is 81.0 cm³/mol. The van der Waals surface area contributed by atoms with Crippen LogP contribution in [0.2, 0.25) is 10.0 Å². The maximum Gasteiger partial charge on any atom is 0.244 e. The number of rotatable bonds is 2. The van der Waals surface area contributed by atoms with Gasteiger partial charge in [-0.05, 0) is 25.0 Å². The van der Waals surface area contributed by atoms with Crippen molar-refractivity contribution in [1.82, 2.24) is 0 Å². The van der Waals surface area contributed by atoms with E-state index >= 15 is 0 Å². The molecule has 1 aromatic rings. The van der Waals surface area contributed by atoms with Crippen molar-refractivity contribution < 1.29 is 14.6 Å². The van der Waals surface area contributed by atoms with E-state index in [2.05, 4.69) is 5.32 Å². The Hall–Kier alpha value is -0.720. The summed E-state index contributed by atoms with van der Waals surface area (Å²) in [5, 5.41) is 12.2. The molecule has 0 unspecified atom stereocenters. The molecule has 1 saturated heterocycles. The first kappa shape index (κ1) is 17.3. The lowest BCUT2D eigenvalue weighted by Gasteiger charge is -2.31. The topological polar surface area (TPSA) is 84.6 Å². The molecule has 1 aliphatic rings. The lowest BCUT2D eigenvalue weighted by atomic mass is 9.90. The van der Waals surface area contributed by atoms with Crippen LogP contribution in [0.1, 0.15) is 12.8 Å². The summed E-state index contributed by atoms with van der Waals surface area (Å²) in [5.74, 6) is -0.525. The first-order valence-corrected chi connectivity index (χ1v) is 6.54. The Labute approximate surface area is 132 Å². The summed E-state index contributed by atoms with van der Waals surface area (Å²) in [7, 11) is 0. The van der Waals surface area contributed by atoms with Crippen LogP contribution in [0.15, 0.2) is 12.1 Å². The van der Waals surface area contributed by atoms with Crippen molar-refractivity contribution in [1.29, 1.82) is 0 Å². The molecule has 20 heavy (non-hydrogen) atoms. The lowest BCUT2D eigenvalue weighted by molar-refractivity contribution is -0.124. The van der Waals surface area contributed by atoms with Gasteiger partial charge in [-0.1, -0.05) is 23.2 Å². The molecule has 0 spiro atoms. The fraction of sp³-hybridized carbons (Fsp3) is 0.417. The molecule has 0 aliphatic carbocycles. The van der Waals surface area contributed by atoms with Crippen LogP contribution in [0.4, 0.5) is 5.69 Å². The standard InChI is InChI=1S/C12H14Cl2N2O3.ClH/c13-8-5-7(6-9(14)10(8)17)16-11(18)12(15)1-3-19-4-2-12;/h5-6,17H,1-4,15H2,(H,16,18);1H. The first-order chi connectivity index (χ1) is 8.92. The minimum Gasteiger partial charge on any atom is -0.505 e. The van der Waals surface area contributed by atoms with Crippen LogP contribution < -0.4 is 11.1 Å². The zero-order valence-electron chi connectivity index (χ0n) is 10.5. The summed E-state index contributed by atoms with van der Waals surface area (Å²) < 4.78 is 5.18. The predicted octanol–water partition coefficient (Wildman–Crippen LogP) is 2.57. The number of phenols is 1. The van der Waals surface area contributed by atoms with Gasteiger partial charge in [-0.3, -0.25) is 4.79 Å². The minimum absolute atomic E-state index is 0.